The number of alkyl halides is 4. The molecule has 2 aromatic carbocycles. The molecule has 8 atom stereocenters. The number of fused-ring (bicyclic) bond motifs is 10. The minimum atomic E-state index is -3.05. The van der Waals surface area contributed by atoms with Gasteiger partial charge in [0.25, 0.3) is 76.3 Å². The van der Waals surface area contributed by atoms with Gasteiger partial charge >= 0.3 is 0 Å². The van der Waals surface area contributed by atoms with Crippen LogP contribution in [0.25, 0.3) is 0 Å². The molecule has 0 radical (unpaired) electrons. The van der Waals surface area contributed by atoms with Crippen LogP contribution in [0.15, 0.2) is 84.3 Å². The Morgan fingerprint density at radius 3 is 1.33 bits per heavy atom. The molecule has 7 saturated carbocycles. The van der Waals surface area contributed by atoms with Crippen LogP contribution in [0.3, 0.4) is 0 Å². The number of H-pyrrole nitrogens is 2. The van der Waals surface area contributed by atoms with Crippen LogP contribution in [0.1, 0.15) is 299 Å². The molecule has 14 heterocycles. The third kappa shape index (κ3) is 17.2. The topological polar surface area (TPSA) is 505 Å². The molecule has 10 N–H and O–H groups in total. The summed E-state index contributed by atoms with van der Waals surface area (Å²) in [4.78, 5) is 167. The highest BCUT2D eigenvalue weighted by atomic mass is 32.1. The van der Waals surface area contributed by atoms with E-state index in [1.807, 2.05) is 20.6 Å². The molecule has 12 aromatic rings. The van der Waals surface area contributed by atoms with E-state index in [1.165, 1.54) is 68.0 Å². The second kappa shape index (κ2) is 35.7. The predicted octanol–water partition coefficient (Wildman–Crippen LogP) is 12.8. The SMILES string of the molecule is Cc1c(C(=O)C(=O)NC2(c3cn[nH]n3)CC(F)(F)C2)c2n(c1C(=O)Nc1ccnc(C(C)F)c1F)CCC2.Cc1c(C(=O)C(=O)NC2(c3cn[nH]n3)CC2)c2n(c1C(=O)Nc1ccnc(C(C)F)c1)[C@@H]1C[C@@H]1C2.Cc1c(F)cc(NC(=O)c2c(C)c(C(=O)C(=O)NC3(c4nncs4)CC3)c3n2[C@@H]2C[C@@H]2C3)cc1F.Cc1ccc(NC(=O)c2c(C)c(C(=O)C(=O)NC3(c4nncs4)CC3)c3n2[C@@H]2C[C@@H]2C3)cc1C#N. The number of Topliss-reactive ketones (excluding diaryl/α,β-unsaturated/α-hetero) is 4. The second-order valence-electron chi connectivity index (χ2n) is 38.5. The number of nitrogens with one attached hydrogen (secondary N) is 10. The van der Waals surface area contributed by atoms with E-state index in [0.717, 1.165) is 61.5 Å². The lowest BCUT2D eigenvalue weighted by atomic mass is 9.71. The fraction of sp³-hybridized carbons (Fsp3) is 0.392. The molecule has 2 unspecified atom stereocenters. The van der Waals surface area contributed by atoms with E-state index in [9.17, 15) is 93.5 Å². The number of nitrogens with zero attached hydrogens (tertiary/aromatic N) is 15. The number of aryl methyl sites for hydroxylation is 1. The molecule has 4 aliphatic heterocycles. The average molecular weight is 2000 g/mol. The van der Waals surface area contributed by atoms with E-state index >= 15 is 0 Å². The van der Waals surface area contributed by atoms with Gasteiger partial charge in [-0.2, -0.15) is 36.1 Å². The van der Waals surface area contributed by atoms with Crippen LogP contribution in [-0.4, -0.2) is 156 Å². The fourth-order valence-corrected chi connectivity index (χ4v) is 22.5. The second-order valence-corrected chi connectivity index (χ2v) is 40.2. The highest BCUT2D eigenvalue weighted by molar-refractivity contribution is 7.09. The largest absolute Gasteiger partial charge is 0.340 e. The normalized spacial score (nSPS) is 20.1. The van der Waals surface area contributed by atoms with Crippen LogP contribution in [0.5, 0.6) is 0 Å². The quantitative estimate of drug-likeness (QED) is 0.0137. The molecule has 8 amide bonds. The van der Waals surface area contributed by atoms with E-state index < -0.39 is 141 Å². The van der Waals surface area contributed by atoms with Crippen molar-refractivity contribution in [3.63, 3.8) is 0 Å². The van der Waals surface area contributed by atoms with Crippen molar-refractivity contribution in [3.05, 3.63) is 241 Å². The van der Waals surface area contributed by atoms with Crippen LogP contribution in [-0.2, 0) is 73.6 Å². The van der Waals surface area contributed by atoms with Gasteiger partial charge < -0.3 is 60.8 Å². The fourth-order valence-electron chi connectivity index (χ4n) is 20.9. The lowest BCUT2D eigenvalue weighted by molar-refractivity contribution is -0.148. The molecular formula is C97H90F7N25O12S2. The Labute approximate surface area is 815 Å². The van der Waals surface area contributed by atoms with E-state index in [1.54, 1.807) is 66.8 Å². The van der Waals surface area contributed by atoms with Crippen molar-refractivity contribution in [3.8, 4) is 6.07 Å². The van der Waals surface area contributed by atoms with Gasteiger partial charge in [-0.1, -0.05) is 6.07 Å². The van der Waals surface area contributed by atoms with Gasteiger partial charge in [0.1, 0.15) is 84.9 Å². The molecule has 0 saturated heterocycles. The number of pyridine rings is 2. The highest BCUT2D eigenvalue weighted by Gasteiger charge is 2.62. The van der Waals surface area contributed by atoms with Gasteiger partial charge in [-0.05, 0) is 233 Å². The van der Waals surface area contributed by atoms with E-state index in [4.69, 9.17) is 0 Å². The maximum atomic E-state index is 14.7. The van der Waals surface area contributed by atoms with Crippen molar-refractivity contribution in [2.24, 2.45) is 17.8 Å². The summed E-state index contributed by atoms with van der Waals surface area (Å²) in [6, 6.07) is 14.1. The molecule has 7 fully saturated rings. The zero-order valence-corrected chi connectivity index (χ0v) is 79.4. The lowest BCUT2D eigenvalue weighted by Gasteiger charge is -2.46. The molecule has 7 aliphatic carbocycles. The van der Waals surface area contributed by atoms with Crippen molar-refractivity contribution >= 4 is 116 Å². The Hall–Kier alpha value is -15.3. The van der Waals surface area contributed by atoms with Gasteiger partial charge in [0.15, 0.2) is 5.82 Å². The Morgan fingerprint density at radius 1 is 0.490 bits per heavy atom. The van der Waals surface area contributed by atoms with Crippen molar-refractivity contribution in [2.75, 3.05) is 21.3 Å². The Balaban J connectivity index is 0.000000117. The van der Waals surface area contributed by atoms with Crippen molar-refractivity contribution in [1.29, 1.82) is 5.26 Å². The average Bonchev–Trinajstić information content (AvgIpc) is 1.52. The van der Waals surface area contributed by atoms with Crippen LogP contribution in [0.4, 0.5) is 53.5 Å². The van der Waals surface area contributed by atoms with E-state index in [0.29, 0.717) is 178 Å². The first-order chi connectivity index (χ1) is 68.2. The van der Waals surface area contributed by atoms with Gasteiger partial charge in [-0.25, -0.2) is 30.7 Å². The summed E-state index contributed by atoms with van der Waals surface area (Å²) in [5.41, 5.74) is 7.94. The standard InChI is InChI=1S/C25H22N6O3S.C24H23F4N7O3.C24H21F2N5O3S.C24H24FN7O3/c1-12-3-4-16(7-15(12)10-26)28-22(33)20-13(2)19(18-9-14-8-17(14)31(18)20)21(32)23(34)29-25(5-6-25)24-30-27-11-35-24;1-11-16(20(36)22(38)32-23(9-24(27,28)10-23)15-8-30-34-33-15)14-4-3-7-35(14)19(11)21(37)31-13-5-6-29-18(12(2)25)17(13)26;1-10-14(25)7-13(8-15(10)26)28-21(33)19-11(2)18(17-6-12-5-16(12)31(17)19)20(32)22(34)29-24(3-4-24)23-30-27-9-35-23;1-11-19(21(33)23(35)29-24(4-5-24)18-10-27-31-30-18)17-8-13-7-16(13)32(17)20(11)22(34)28-14-3-6-26-15(9-14)12(2)25/h3-4,7,11,14,17H,5-6,8-9H2,1-2H3,(H,28,33)(H,29,34);5-6,8,12H,3-4,7,9-10H2,1-2H3,(H,32,38)(H,29,31,37)(H,30,33,34);7-9,12,16H,3-6H2,1-2H3,(H,28,33)(H,29,34);3,6,9-10,12-13,16H,4-5,7-8H2,1-2H3,(H,29,35)(H,26,28,34)(H,27,30,31)/t14-,17-;;12-,16-;12?,13-,16-/m1.11/s1. The monoisotopic (exact) mass is 1990 g/mol. The van der Waals surface area contributed by atoms with Gasteiger partial charge in [0, 0.05) is 95.3 Å². The number of nitriles is 1. The Bertz CT molecular complexity index is 7420. The van der Waals surface area contributed by atoms with E-state index in [-0.39, 0.29) is 80.4 Å². The maximum absolute atomic E-state index is 14.7. The molecule has 11 aliphatic rings. The maximum Gasteiger partial charge on any atom is 0.293 e. The van der Waals surface area contributed by atoms with Crippen molar-refractivity contribution < 1.29 is 88.3 Å². The summed E-state index contributed by atoms with van der Waals surface area (Å²) in [7, 11) is 0. The molecule has 10 aromatic heterocycles. The predicted molar refractivity (Wildman–Crippen MR) is 495 cm³/mol. The smallest absolute Gasteiger partial charge is 0.293 e. The number of benzene rings is 2. The van der Waals surface area contributed by atoms with Crippen LogP contribution in [0, 0.1) is 88.1 Å². The Morgan fingerprint density at radius 2 is 0.909 bits per heavy atom. The minimum Gasteiger partial charge on any atom is -0.340 e. The molecule has 0 bridgehead atoms. The van der Waals surface area contributed by atoms with Gasteiger partial charge in [-0.3, -0.25) is 67.5 Å². The number of anilines is 4. The third-order valence-electron chi connectivity index (χ3n) is 28.9. The van der Waals surface area contributed by atoms with Crippen LogP contribution < -0.4 is 42.5 Å². The zero-order chi connectivity index (χ0) is 101. The molecule has 37 nitrogen and oxygen atoms in total. The number of halogens is 7. The first-order valence-electron chi connectivity index (χ1n) is 46.4. The number of carbonyl (C=O) groups excluding carboxylic acids is 12. The van der Waals surface area contributed by atoms with Gasteiger partial charge in [0.2, 0.25) is 0 Å². The molecule has 46 heteroatoms. The number of ketones is 4. The van der Waals surface area contributed by atoms with Crippen molar-refractivity contribution in [2.45, 2.75) is 223 Å². The first kappa shape index (κ1) is 95.3. The molecule has 0 spiro atoms. The Kier molecular flexibility index (Phi) is 23.8. The van der Waals surface area contributed by atoms with Crippen LogP contribution in [0.2, 0.25) is 0 Å². The summed E-state index contributed by atoms with van der Waals surface area (Å²) in [6.45, 7) is 12.5. The number of hydrogen-bond acceptors (Lipinski definition) is 25. The van der Waals surface area contributed by atoms with Crippen molar-refractivity contribution in [1.82, 2.24) is 101 Å². The highest BCUT2D eigenvalue weighted by Crippen LogP contribution is 2.59. The molecule has 736 valence electrons. The summed E-state index contributed by atoms with van der Waals surface area (Å²) >= 11 is 2.68. The number of carbonyl (C=O) groups is 12. The van der Waals surface area contributed by atoms with Crippen LogP contribution >= 0.6 is 22.7 Å². The summed E-state index contributed by atoms with van der Waals surface area (Å²) in [6.07, 6.45) is 10.7. The number of aromatic amines is 2. The zero-order valence-electron chi connectivity index (χ0n) is 77.8. The molecule has 143 heavy (non-hydrogen) atoms. The number of amides is 8. The van der Waals surface area contributed by atoms with Gasteiger partial charge in [-0.15, -0.1) is 43.1 Å². The first-order valence-corrected chi connectivity index (χ1v) is 48.2. The lowest BCUT2D eigenvalue weighted by Crippen LogP contribution is -2.61. The number of hydrogen-bond donors (Lipinski definition) is 10. The van der Waals surface area contributed by atoms with E-state index in [2.05, 4.69) is 110 Å². The third-order valence-corrected chi connectivity index (χ3v) is 30.7. The summed E-state index contributed by atoms with van der Waals surface area (Å²) < 4.78 is 105. The summed E-state index contributed by atoms with van der Waals surface area (Å²) in [5.74, 6) is -12.8. The van der Waals surface area contributed by atoms with Gasteiger partial charge in [0.05, 0.1) is 79.8 Å². The summed E-state index contributed by atoms with van der Waals surface area (Å²) in [5, 5.41) is 68.3. The minimum absolute atomic E-state index is 0.0141. The molecular weight excluding hydrogens is 1900 g/mol. The number of aromatic nitrogens is 16. The number of rotatable bonds is 26. The molecule has 23 rings (SSSR count).